The van der Waals surface area contributed by atoms with Crippen molar-refractivity contribution in [1.29, 1.82) is 0 Å². The van der Waals surface area contributed by atoms with Crippen molar-refractivity contribution < 1.29 is 14.3 Å². The highest BCUT2D eigenvalue weighted by Crippen LogP contribution is 2.26. The van der Waals surface area contributed by atoms with Crippen LogP contribution in [0.4, 0.5) is 0 Å². The van der Waals surface area contributed by atoms with Crippen molar-refractivity contribution in [2.24, 2.45) is 5.92 Å². The maximum Gasteiger partial charge on any atom is 0.220 e. The molecular weight excluding hydrogens is 218 g/mol. The largest absolute Gasteiger partial charge is 0.354 e. The lowest BCUT2D eigenvalue weighted by atomic mass is 9.87. The standard InChI is InChI=1S/C13H25NO3/c1-10(13(16-2)17-3)14-12(15)9-11-7-5-4-6-8-11/h10-11,13H,4-9H2,1-3H3,(H,14,15). The van der Waals surface area contributed by atoms with E-state index >= 15 is 0 Å². The van der Waals surface area contributed by atoms with E-state index in [1.807, 2.05) is 6.92 Å². The molecule has 1 N–H and O–H groups in total. The normalized spacial score (nSPS) is 19.3. The molecule has 0 aliphatic heterocycles. The summed E-state index contributed by atoms with van der Waals surface area (Å²) in [6.45, 7) is 1.90. The number of methoxy groups -OCH3 is 2. The van der Waals surface area contributed by atoms with E-state index in [-0.39, 0.29) is 18.2 Å². The van der Waals surface area contributed by atoms with Crippen LogP contribution >= 0.6 is 0 Å². The summed E-state index contributed by atoms with van der Waals surface area (Å²) in [5, 5.41) is 2.94. The quantitative estimate of drug-likeness (QED) is 0.727. The summed E-state index contributed by atoms with van der Waals surface area (Å²) in [6, 6.07) is -0.110. The topological polar surface area (TPSA) is 47.6 Å². The zero-order chi connectivity index (χ0) is 12.7. The van der Waals surface area contributed by atoms with Gasteiger partial charge in [0.05, 0.1) is 6.04 Å². The number of hydrogen-bond donors (Lipinski definition) is 1. The van der Waals surface area contributed by atoms with Gasteiger partial charge >= 0.3 is 0 Å². The fourth-order valence-electron chi connectivity index (χ4n) is 2.54. The lowest BCUT2D eigenvalue weighted by molar-refractivity contribution is -0.136. The van der Waals surface area contributed by atoms with Crippen LogP contribution in [0.3, 0.4) is 0 Å². The number of ether oxygens (including phenoxy) is 2. The van der Waals surface area contributed by atoms with Crippen LogP contribution < -0.4 is 5.32 Å². The van der Waals surface area contributed by atoms with Crippen molar-refractivity contribution in [3.8, 4) is 0 Å². The molecule has 0 spiro atoms. The van der Waals surface area contributed by atoms with Gasteiger partial charge in [-0.15, -0.1) is 0 Å². The molecule has 1 saturated carbocycles. The van der Waals surface area contributed by atoms with Gasteiger partial charge in [-0.05, 0) is 25.7 Å². The first-order valence-corrected chi connectivity index (χ1v) is 6.52. The zero-order valence-corrected chi connectivity index (χ0v) is 11.2. The van der Waals surface area contributed by atoms with E-state index in [1.54, 1.807) is 14.2 Å². The molecule has 4 heteroatoms. The van der Waals surface area contributed by atoms with Gasteiger partial charge in [-0.3, -0.25) is 4.79 Å². The molecule has 100 valence electrons. The summed E-state index contributed by atoms with van der Waals surface area (Å²) in [6.07, 6.45) is 6.53. The molecule has 1 unspecified atom stereocenters. The first kappa shape index (κ1) is 14.5. The second-order valence-corrected chi connectivity index (χ2v) is 4.90. The van der Waals surface area contributed by atoms with Crippen LogP contribution in [0.25, 0.3) is 0 Å². The van der Waals surface area contributed by atoms with Gasteiger partial charge in [-0.1, -0.05) is 19.3 Å². The van der Waals surface area contributed by atoms with Gasteiger partial charge in [0, 0.05) is 20.6 Å². The summed E-state index contributed by atoms with van der Waals surface area (Å²) in [7, 11) is 3.16. The predicted molar refractivity (Wildman–Crippen MR) is 66.6 cm³/mol. The minimum Gasteiger partial charge on any atom is -0.354 e. The maximum absolute atomic E-state index is 11.8. The summed E-state index contributed by atoms with van der Waals surface area (Å²) in [5.74, 6) is 0.683. The second-order valence-electron chi connectivity index (χ2n) is 4.90. The predicted octanol–water partition coefficient (Wildman–Crippen LogP) is 2.08. The van der Waals surface area contributed by atoms with Crippen LogP contribution in [0.5, 0.6) is 0 Å². The van der Waals surface area contributed by atoms with Crippen LogP contribution in [-0.4, -0.2) is 32.5 Å². The lowest BCUT2D eigenvalue weighted by Gasteiger charge is -2.25. The molecule has 1 fully saturated rings. The van der Waals surface area contributed by atoms with Crippen LogP contribution in [0.15, 0.2) is 0 Å². The zero-order valence-electron chi connectivity index (χ0n) is 11.2. The molecule has 1 atom stereocenters. The average molecular weight is 243 g/mol. The number of amides is 1. The molecule has 1 aliphatic carbocycles. The van der Waals surface area contributed by atoms with Gasteiger partial charge in [-0.2, -0.15) is 0 Å². The summed E-state index contributed by atoms with van der Waals surface area (Å²) in [5.41, 5.74) is 0. The van der Waals surface area contributed by atoms with Crippen molar-refractivity contribution in [1.82, 2.24) is 5.32 Å². The highest BCUT2D eigenvalue weighted by Gasteiger charge is 2.21. The summed E-state index contributed by atoms with van der Waals surface area (Å²) >= 11 is 0. The third-order valence-corrected chi connectivity index (χ3v) is 3.46. The Balaban J connectivity index is 2.27. The molecule has 4 nitrogen and oxygen atoms in total. The fraction of sp³-hybridized carbons (Fsp3) is 0.923. The van der Waals surface area contributed by atoms with Crippen LogP contribution in [0.2, 0.25) is 0 Å². The second kappa shape index (κ2) is 7.67. The molecule has 1 amide bonds. The molecular formula is C13H25NO3. The first-order valence-electron chi connectivity index (χ1n) is 6.52. The van der Waals surface area contributed by atoms with Crippen LogP contribution in [0, 0.1) is 5.92 Å². The van der Waals surface area contributed by atoms with E-state index in [2.05, 4.69) is 5.32 Å². The van der Waals surface area contributed by atoms with Crippen LogP contribution in [0.1, 0.15) is 45.4 Å². The highest BCUT2D eigenvalue weighted by molar-refractivity contribution is 5.76. The third-order valence-electron chi connectivity index (χ3n) is 3.46. The molecule has 0 aromatic rings. The van der Waals surface area contributed by atoms with E-state index in [9.17, 15) is 4.79 Å². The highest BCUT2D eigenvalue weighted by atomic mass is 16.7. The Labute approximate surface area is 104 Å². The fourth-order valence-corrected chi connectivity index (χ4v) is 2.54. The molecule has 0 aromatic carbocycles. The van der Waals surface area contributed by atoms with Crippen molar-refractivity contribution in [3.63, 3.8) is 0 Å². The van der Waals surface area contributed by atoms with Crippen molar-refractivity contribution in [2.75, 3.05) is 14.2 Å². The molecule has 17 heavy (non-hydrogen) atoms. The molecule has 0 radical (unpaired) electrons. The smallest absolute Gasteiger partial charge is 0.220 e. The van der Waals surface area contributed by atoms with Crippen molar-refractivity contribution in [2.45, 2.75) is 57.8 Å². The Morgan fingerprint density at radius 2 is 1.82 bits per heavy atom. The molecule has 0 heterocycles. The first-order chi connectivity index (χ1) is 8.17. The minimum absolute atomic E-state index is 0.110. The lowest BCUT2D eigenvalue weighted by Crippen LogP contribution is -2.43. The van der Waals surface area contributed by atoms with Gasteiger partial charge in [0.25, 0.3) is 0 Å². The third kappa shape index (κ3) is 5.04. The van der Waals surface area contributed by atoms with Gasteiger partial charge in [0.15, 0.2) is 6.29 Å². The SMILES string of the molecule is COC(OC)C(C)NC(=O)CC1CCCCC1. The number of hydrogen-bond acceptors (Lipinski definition) is 3. The van der Waals surface area contributed by atoms with Crippen molar-refractivity contribution >= 4 is 5.91 Å². The Bertz CT molecular complexity index is 223. The van der Waals surface area contributed by atoms with E-state index in [1.165, 1.54) is 32.1 Å². The summed E-state index contributed by atoms with van der Waals surface area (Å²) < 4.78 is 10.2. The van der Waals surface area contributed by atoms with E-state index in [0.29, 0.717) is 12.3 Å². The van der Waals surface area contributed by atoms with Crippen molar-refractivity contribution in [3.05, 3.63) is 0 Å². The van der Waals surface area contributed by atoms with E-state index in [4.69, 9.17) is 9.47 Å². The molecule has 0 bridgehead atoms. The molecule has 1 rings (SSSR count). The van der Waals surface area contributed by atoms with E-state index in [0.717, 1.165) is 0 Å². The maximum atomic E-state index is 11.8. The van der Waals surface area contributed by atoms with E-state index < -0.39 is 0 Å². The average Bonchev–Trinajstić information content (AvgIpc) is 2.31. The molecule has 0 saturated heterocycles. The minimum atomic E-state index is -0.370. The molecule has 1 aliphatic rings. The van der Waals surface area contributed by atoms with Gasteiger partial charge < -0.3 is 14.8 Å². The number of carbonyl (C=O) groups is 1. The number of nitrogens with one attached hydrogen (secondary N) is 1. The Morgan fingerprint density at radius 1 is 1.24 bits per heavy atom. The van der Waals surface area contributed by atoms with Gasteiger partial charge in [-0.25, -0.2) is 0 Å². The number of carbonyl (C=O) groups excluding carboxylic acids is 1. The Hall–Kier alpha value is -0.610. The van der Waals surface area contributed by atoms with Gasteiger partial charge in [0.2, 0.25) is 5.91 Å². The molecule has 0 aromatic heterocycles. The Kier molecular flexibility index (Phi) is 6.52. The van der Waals surface area contributed by atoms with Crippen LogP contribution in [-0.2, 0) is 14.3 Å². The Morgan fingerprint density at radius 3 is 2.35 bits per heavy atom. The number of rotatable bonds is 6. The monoisotopic (exact) mass is 243 g/mol. The van der Waals surface area contributed by atoms with Gasteiger partial charge in [0.1, 0.15) is 0 Å². The summed E-state index contributed by atoms with van der Waals surface area (Å²) in [4.78, 5) is 11.8.